The molecule has 0 saturated carbocycles. The van der Waals surface area contributed by atoms with Gasteiger partial charge in [0.05, 0.1) is 19.1 Å². The molecular weight excluding hydrogens is 468 g/mol. The largest absolute Gasteiger partial charge is 0.459 e. The van der Waals surface area contributed by atoms with E-state index >= 15 is 0 Å². The summed E-state index contributed by atoms with van der Waals surface area (Å²) >= 11 is 0. The van der Waals surface area contributed by atoms with Crippen molar-refractivity contribution in [1.82, 2.24) is 0 Å². The zero-order valence-electron chi connectivity index (χ0n) is 23.1. The summed E-state index contributed by atoms with van der Waals surface area (Å²) in [4.78, 5) is 12.7. The Hall–Kier alpha value is -1.74. The van der Waals surface area contributed by atoms with Crippen molar-refractivity contribution < 1.29 is 18.4 Å². The smallest absolute Gasteiger partial charge is 0.308 e. The first-order valence-corrected chi connectivity index (χ1v) is 17.6. The van der Waals surface area contributed by atoms with Gasteiger partial charge in [0.1, 0.15) is 6.10 Å². The summed E-state index contributed by atoms with van der Waals surface area (Å²) in [7, 11) is -4.74. The van der Waals surface area contributed by atoms with Gasteiger partial charge >= 0.3 is 5.97 Å². The predicted octanol–water partition coefficient (Wildman–Crippen LogP) is 5.91. The van der Waals surface area contributed by atoms with Gasteiger partial charge in [0.2, 0.25) is 0 Å². The summed E-state index contributed by atoms with van der Waals surface area (Å²) in [5, 5.41) is 2.40. The number of carbonyl (C=O) groups excluding carboxylic acids is 1. The number of rotatable bonds is 7. The van der Waals surface area contributed by atoms with E-state index in [4.69, 9.17) is 13.6 Å². The summed E-state index contributed by atoms with van der Waals surface area (Å²) in [5.41, 5.74) is 0. The quantitative estimate of drug-likeness (QED) is 0.342. The second kappa shape index (κ2) is 10.3. The van der Waals surface area contributed by atoms with Gasteiger partial charge in [0.25, 0.3) is 8.32 Å². The monoisotopic (exact) mass is 512 g/mol. The van der Waals surface area contributed by atoms with E-state index in [1.807, 2.05) is 12.1 Å². The maximum Gasteiger partial charge on any atom is 0.308 e. The van der Waals surface area contributed by atoms with Crippen LogP contribution >= 0.6 is 0 Å². The molecule has 192 valence electrons. The number of benzene rings is 2. The number of ether oxygens (including phenoxy) is 1. The van der Waals surface area contributed by atoms with Crippen molar-refractivity contribution in [3.8, 4) is 0 Å². The van der Waals surface area contributed by atoms with Gasteiger partial charge in [-0.05, 0) is 33.5 Å². The van der Waals surface area contributed by atoms with Crippen molar-refractivity contribution >= 4 is 33.0 Å². The second-order valence-corrected chi connectivity index (χ2v) is 21.5. The van der Waals surface area contributed by atoms with Crippen LogP contribution in [0.3, 0.4) is 0 Å². The van der Waals surface area contributed by atoms with Gasteiger partial charge in [0.15, 0.2) is 8.32 Å². The normalized spacial score (nSPS) is 22.1. The third kappa shape index (κ3) is 5.82. The van der Waals surface area contributed by atoms with Crippen LogP contribution in [0.5, 0.6) is 0 Å². The van der Waals surface area contributed by atoms with E-state index in [1.165, 1.54) is 10.4 Å². The molecule has 35 heavy (non-hydrogen) atoms. The lowest BCUT2D eigenvalue weighted by atomic mass is 9.93. The molecule has 6 heteroatoms. The molecule has 0 radical (unpaired) electrons. The molecule has 2 aromatic carbocycles. The van der Waals surface area contributed by atoms with E-state index in [0.717, 1.165) is 0 Å². The van der Waals surface area contributed by atoms with E-state index in [1.54, 1.807) is 0 Å². The number of carbonyl (C=O) groups is 1. The molecule has 0 unspecified atom stereocenters. The standard InChI is InChI=1S/C29H44O4Si2/c1-22-25(33-34(8,9)28(2,3)4)20-27(30)32-26(22)21-31-35(29(5,6)7,23-16-12-10-13-17-23)24-18-14-11-15-19-24/h10-19,22,25-26H,20-21H2,1-9H3/t22-,25-,26+/m1/s1. The maximum atomic E-state index is 12.7. The molecule has 1 aliphatic rings. The first-order valence-electron chi connectivity index (χ1n) is 12.8. The van der Waals surface area contributed by atoms with Crippen LogP contribution in [-0.2, 0) is 18.4 Å². The molecule has 3 rings (SSSR count). The van der Waals surface area contributed by atoms with Crippen molar-refractivity contribution in [1.29, 1.82) is 0 Å². The summed E-state index contributed by atoms with van der Waals surface area (Å²) in [6, 6.07) is 21.2. The highest BCUT2D eigenvalue weighted by Gasteiger charge is 2.51. The van der Waals surface area contributed by atoms with Crippen molar-refractivity contribution in [2.24, 2.45) is 5.92 Å². The molecule has 0 spiro atoms. The lowest BCUT2D eigenvalue weighted by Gasteiger charge is -2.46. The first-order chi connectivity index (χ1) is 16.2. The van der Waals surface area contributed by atoms with Crippen molar-refractivity contribution in [2.75, 3.05) is 6.61 Å². The first kappa shape index (κ1) is 27.8. The van der Waals surface area contributed by atoms with E-state index in [2.05, 4.69) is 110 Å². The number of esters is 1. The number of cyclic esters (lactones) is 1. The Labute approximate surface area is 214 Å². The molecule has 0 aromatic heterocycles. The molecule has 2 aromatic rings. The highest BCUT2D eigenvalue weighted by Crippen LogP contribution is 2.41. The zero-order chi connectivity index (χ0) is 26.1. The minimum atomic E-state index is -2.71. The molecular formula is C29H44O4Si2. The highest BCUT2D eigenvalue weighted by atomic mass is 28.4. The Morgan fingerprint density at radius 3 is 1.77 bits per heavy atom. The van der Waals surface area contributed by atoms with Crippen molar-refractivity contribution in [2.45, 2.75) is 90.3 Å². The molecule has 1 aliphatic heterocycles. The van der Waals surface area contributed by atoms with Crippen LogP contribution in [-0.4, -0.2) is 41.4 Å². The fourth-order valence-electron chi connectivity index (χ4n) is 4.77. The van der Waals surface area contributed by atoms with Gasteiger partial charge < -0.3 is 13.6 Å². The van der Waals surface area contributed by atoms with Crippen LogP contribution < -0.4 is 10.4 Å². The summed E-state index contributed by atoms with van der Waals surface area (Å²) < 4.78 is 19.7. The Morgan fingerprint density at radius 1 is 0.857 bits per heavy atom. The van der Waals surface area contributed by atoms with Gasteiger partial charge in [-0.25, -0.2) is 0 Å². The van der Waals surface area contributed by atoms with Crippen molar-refractivity contribution in [3.63, 3.8) is 0 Å². The van der Waals surface area contributed by atoms with Gasteiger partial charge in [0, 0.05) is 5.92 Å². The Balaban J connectivity index is 1.94. The van der Waals surface area contributed by atoms with E-state index in [9.17, 15) is 4.79 Å². The molecule has 0 amide bonds. The molecule has 1 saturated heterocycles. The lowest BCUT2D eigenvalue weighted by molar-refractivity contribution is -0.169. The van der Waals surface area contributed by atoms with Gasteiger partial charge in [-0.2, -0.15) is 0 Å². The fourth-order valence-corrected chi connectivity index (χ4v) is 10.8. The third-order valence-corrected chi connectivity index (χ3v) is 17.5. The SMILES string of the molecule is C[C@H]1[C@H](CO[Si](c2ccccc2)(c2ccccc2)C(C)(C)C)OC(=O)C[C@H]1O[Si](C)(C)C(C)(C)C. The number of hydrogen-bond acceptors (Lipinski definition) is 4. The average Bonchev–Trinajstić information content (AvgIpc) is 2.76. The summed E-state index contributed by atoms with van der Waals surface area (Å²) in [5.74, 6) is -0.136. The van der Waals surface area contributed by atoms with Crippen LogP contribution in [0.25, 0.3) is 0 Å². The lowest BCUT2D eigenvalue weighted by Crippen LogP contribution is -2.67. The summed E-state index contributed by atoms with van der Waals surface area (Å²) in [6.07, 6.45) is -0.179. The van der Waals surface area contributed by atoms with Crippen LogP contribution in [0, 0.1) is 5.92 Å². The van der Waals surface area contributed by atoms with E-state index < -0.39 is 16.6 Å². The predicted molar refractivity (Wildman–Crippen MR) is 149 cm³/mol. The van der Waals surface area contributed by atoms with E-state index in [0.29, 0.717) is 13.0 Å². The third-order valence-electron chi connectivity index (χ3n) is 7.96. The molecule has 4 nitrogen and oxygen atoms in total. The number of hydrogen-bond donors (Lipinski definition) is 0. The molecule has 3 atom stereocenters. The molecule has 0 aliphatic carbocycles. The Morgan fingerprint density at radius 2 is 1.34 bits per heavy atom. The second-order valence-electron chi connectivity index (χ2n) is 12.5. The fraction of sp³-hybridized carbons (Fsp3) is 0.552. The minimum absolute atomic E-state index is 0.0556. The average molecular weight is 513 g/mol. The minimum Gasteiger partial charge on any atom is -0.459 e. The van der Waals surface area contributed by atoms with E-state index in [-0.39, 0.29) is 34.2 Å². The van der Waals surface area contributed by atoms with Gasteiger partial charge in [-0.1, -0.05) is 109 Å². The molecule has 0 N–H and O–H groups in total. The van der Waals surface area contributed by atoms with Crippen LogP contribution in [0.4, 0.5) is 0 Å². The van der Waals surface area contributed by atoms with Crippen molar-refractivity contribution in [3.05, 3.63) is 60.7 Å². The zero-order valence-corrected chi connectivity index (χ0v) is 25.1. The Kier molecular flexibility index (Phi) is 8.21. The van der Waals surface area contributed by atoms with Crippen LogP contribution in [0.2, 0.25) is 23.2 Å². The molecule has 1 heterocycles. The van der Waals surface area contributed by atoms with Crippen LogP contribution in [0.15, 0.2) is 60.7 Å². The summed E-state index contributed by atoms with van der Waals surface area (Å²) in [6.45, 7) is 20.5. The maximum absolute atomic E-state index is 12.7. The van der Waals surface area contributed by atoms with Gasteiger partial charge in [-0.3, -0.25) is 4.79 Å². The highest BCUT2D eigenvalue weighted by molar-refractivity contribution is 6.99. The Bertz CT molecular complexity index is 938. The van der Waals surface area contributed by atoms with Gasteiger partial charge in [-0.15, -0.1) is 0 Å². The molecule has 0 bridgehead atoms. The molecule has 1 fully saturated rings. The van der Waals surface area contributed by atoms with Crippen LogP contribution in [0.1, 0.15) is 54.9 Å². The topological polar surface area (TPSA) is 44.8 Å².